The van der Waals surface area contributed by atoms with Crippen LogP contribution in [0.1, 0.15) is 30.4 Å². The summed E-state index contributed by atoms with van der Waals surface area (Å²) in [6, 6.07) is 5.97. The van der Waals surface area contributed by atoms with Gasteiger partial charge in [-0.2, -0.15) is 0 Å². The minimum absolute atomic E-state index is 0.00179. The van der Waals surface area contributed by atoms with Crippen LogP contribution in [0.5, 0.6) is 5.75 Å². The summed E-state index contributed by atoms with van der Waals surface area (Å²) in [6.45, 7) is 5.34. The molecule has 21 heavy (non-hydrogen) atoms. The molecular formula is C17H22FNO2. The normalized spacial score (nSPS) is 14.8. The minimum atomic E-state index is -0.207. The first-order chi connectivity index (χ1) is 10.1. The maximum Gasteiger partial charge on any atom is 0.223 e. The molecule has 0 N–H and O–H groups in total. The van der Waals surface area contributed by atoms with Crippen molar-refractivity contribution in [2.45, 2.75) is 33.1 Å². The summed E-state index contributed by atoms with van der Waals surface area (Å²) in [7, 11) is 0. The molecule has 1 aromatic rings. The van der Waals surface area contributed by atoms with E-state index >= 15 is 0 Å². The molecule has 1 heterocycles. The van der Waals surface area contributed by atoms with Crippen molar-refractivity contribution in [2.75, 3.05) is 19.7 Å². The van der Waals surface area contributed by atoms with Crippen LogP contribution in [-0.4, -0.2) is 30.5 Å². The summed E-state index contributed by atoms with van der Waals surface area (Å²) in [4.78, 5) is 13.5. The molecule has 0 unspecified atom stereocenters. The van der Waals surface area contributed by atoms with Gasteiger partial charge >= 0.3 is 0 Å². The zero-order valence-corrected chi connectivity index (χ0v) is 12.7. The second-order valence-electron chi connectivity index (χ2n) is 5.45. The van der Waals surface area contributed by atoms with Crippen molar-refractivity contribution in [3.63, 3.8) is 0 Å². The molecule has 0 saturated heterocycles. The van der Waals surface area contributed by atoms with Crippen LogP contribution in [0, 0.1) is 13.8 Å². The molecule has 0 aromatic heterocycles. The molecule has 1 amide bonds. The lowest BCUT2D eigenvalue weighted by atomic mass is 10.1. The highest BCUT2D eigenvalue weighted by Crippen LogP contribution is 2.17. The first-order valence-electron chi connectivity index (χ1n) is 7.38. The van der Waals surface area contributed by atoms with Gasteiger partial charge in [-0.25, -0.2) is 4.39 Å². The molecule has 0 bridgehead atoms. The van der Waals surface area contributed by atoms with Gasteiger partial charge in [0.25, 0.3) is 0 Å². The predicted molar refractivity (Wildman–Crippen MR) is 81.0 cm³/mol. The molecule has 0 radical (unpaired) electrons. The number of benzene rings is 1. The molecule has 0 saturated carbocycles. The third kappa shape index (κ3) is 4.59. The summed E-state index contributed by atoms with van der Waals surface area (Å²) >= 11 is 0. The van der Waals surface area contributed by atoms with Gasteiger partial charge in [-0.1, -0.05) is 6.07 Å². The van der Waals surface area contributed by atoms with Crippen molar-refractivity contribution in [3.8, 4) is 5.75 Å². The average molecular weight is 291 g/mol. The van der Waals surface area contributed by atoms with E-state index in [0.29, 0.717) is 32.4 Å². The topological polar surface area (TPSA) is 29.5 Å². The van der Waals surface area contributed by atoms with E-state index < -0.39 is 0 Å². The third-order valence-corrected chi connectivity index (χ3v) is 3.74. The van der Waals surface area contributed by atoms with E-state index in [4.69, 9.17) is 4.74 Å². The SMILES string of the molecule is Cc1ccc(OCCCC(=O)N2CCC=C(F)C2)cc1C. The number of aryl methyl sites for hydroxylation is 2. The minimum Gasteiger partial charge on any atom is -0.494 e. The number of ether oxygens (including phenoxy) is 1. The van der Waals surface area contributed by atoms with Crippen molar-refractivity contribution in [2.24, 2.45) is 0 Å². The van der Waals surface area contributed by atoms with Gasteiger partial charge in [0.2, 0.25) is 5.91 Å². The van der Waals surface area contributed by atoms with Gasteiger partial charge in [0.1, 0.15) is 11.6 Å². The van der Waals surface area contributed by atoms with Crippen LogP contribution in [-0.2, 0) is 4.79 Å². The Labute approximate surface area is 125 Å². The third-order valence-electron chi connectivity index (χ3n) is 3.74. The Hall–Kier alpha value is -1.84. The van der Waals surface area contributed by atoms with E-state index in [9.17, 15) is 9.18 Å². The zero-order chi connectivity index (χ0) is 15.2. The summed E-state index contributed by atoms with van der Waals surface area (Å²) < 4.78 is 18.8. The molecule has 0 fully saturated rings. The van der Waals surface area contributed by atoms with E-state index in [0.717, 1.165) is 5.75 Å². The van der Waals surface area contributed by atoms with Crippen LogP contribution < -0.4 is 4.74 Å². The quantitative estimate of drug-likeness (QED) is 0.776. The standard InChI is InChI=1S/C17H22FNO2/c1-13-7-8-16(11-14(13)2)21-10-4-6-17(20)19-9-3-5-15(18)12-19/h5,7-8,11H,3-4,6,9-10,12H2,1-2H3. The van der Waals surface area contributed by atoms with Crippen LogP contribution >= 0.6 is 0 Å². The fourth-order valence-electron chi connectivity index (χ4n) is 2.29. The maximum atomic E-state index is 13.1. The van der Waals surface area contributed by atoms with Crippen molar-refractivity contribution < 1.29 is 13.9 Å². The number of carbonyl (C=O) groups is 1. The Kier molecular flexibility index (Phi) is 5.37. The Morgan fingerprint density at radius 1 is 1.33 bits per heavy atom. The predicted octanol–water partition coefficient (Wildman–Crippen LogP) is 3.55. The average Bonchev–Trinajstić information content (AvgIpc) is 2.47. The summed E-state index contributed by atoms with van der Waals surface area (Å²) in [5.41, 5.74) is 2.43. The summed E-state index contributed by atoms with van der Waals surface area (Å²) in [5.74, 6) is 0.625. The van der Waals surface area contributed by atoms with Gasteiger partial charge in [0.15, 0.2) is 0 Å². The summed E-state index contributed by atoms with van der Waals surface area (Å²) in [6.07, 6.45) is 3.20. The number of hydrogen-bond acceptors (Lipinski definition) is 2. The van der Waals surface area contributed by atoms with Gasteiger partial charge in [-0.05, 0) is 56.0 Å². The fraction of sp³-hybridized carbons (Fsp3) is 0.471. The van der Waals surface area contributed by atoms with Gasteiger partial charge in [-0.15, -0.1) is 0 Å². The molecule has 0 spiro atoms. The number of nitrogens with zero attached hydrogens (tertiary/aromatic N) is 1. The summed E-state index contributed by atoms with van der Waals surface area (Å²) in [5, 5.41) is 0. The molecule has 1 aliphatic heterocycles. The molecule has 114 valence electrons. The molecular weight excluding hydrogens is 269 g/mol. The van der Waals surface area contributed by atoms with E-state index in [-0.39, 0.29) is 18.3 Å². The van der Waals surface area contributed by atoms with Crippen molar-refractivity contribution in [1.82, 2.24) is 4.90 Å². The lowest BCUT2D eigenvalue weighted by Gasteiger charge is -2.24. The second-order valence-corrected chi connectivity index (χ2v) is 5.45. The van der Waals surface area contributed by atoms with Crippen LogP contribution in [0.4, 0.5) is 4.39 Å². The van der Waals surface area contributed by atoms with Crippen molar-refractivity contribution >= 4 is 5.91 Å². The first-order valence-corrected chi connectivity index (χ1v) is 7.38. The Morgan fingerprint density at radius 3 is 2.86 bits per heavy atom. The van der Waals surface area contributed by atoms with Gasteiger partial charge in [0.05, 0.1) is 13.2 Å². The highest BCUT2D eigenvalue weighted by Gasteiger charge is 2.17. The smallest absolute Gasteiger partial charge is 0.223 e. The van der Waals surface area contributed by atoms with Gasteiger partial charge in [0, 0.05) is 13.0 Å². The molecule has 1 aromatic carbocycles. The molecule has 1 aliphatic rings. The number of halogens is 1. The number of carbonyl (C=O) groups excluding carboxylic acids is 1. The highest BCUT2D eigenvalue weighted by atomic mass is 19.1. The zero-order valence-electron chi connectivity index (χ0n) is 12.7. The van der Waals surface area contributed by atoms with Crippen molar-refractivity contribution in [1.29, 1.82) is 0 Å². The Morgan fingerprint density at radius 2 is 2.14 bits per heavy atom. The lowest BCUT2D eigenvalue weighted by molar-refractivity contribution is -0.131. The highest BCUT2D eigenvalue weighted by molar-refractivity contribution is 5.76. The number of amides is 1. The monoisotopic (exact) mass is 291 g/mol. The molecule has 0 atom stereocenters. The lowest BCUT2D eigenvalue weighted by Crippen LogP contribution is -2.35. The van der Waals surface area contributed by atoms with Crippen LogP contribution in [0.2, 0.25) is 0 Å². The van der Waals surface area contributed by atoms with Crippen molar-refractivity contribution in [3.05, 3.63) is 41.2 Å². The van der Waals surface area contributed by atoms with E-state index in [1.54, 1.807) is 11.0 Å². The Bertz CT molecular complexity index is 540. The molecule has 2 rings (SSSR count). The number of hydrogen-bond donors (Lipinski definition) is 0. The second kappa shape index (κ2) is 7.25. The van der Waals surface area contributed by atoms with E-state index in [2.05, 4.69) is 6.92 Å². The van der Waals surface area contributed by atoms with E-state index in [1.807, 2.05) is 25.1 Å². The Balaban J connectivity index is 1.70. The molecule has 4 heteroatoms. The van der Waals surface area contributed by atoms with Crippen LogP contribution in [0.25, 0.3) is 0 Å². The van der Waals surface area contributed by atoms with Crippen LogP contribution in [0.3, 0.4) is 0 Å². The maximum absolute atomic E-state index is 13.1. The first kappa shape index (κ1) is 15.5. The van der Waals surface area contributed by atoms with Gasteiger partial charge < -0.3 is 9.64 Å². The largest absolute Gasteiger partial charge is 0.494 e. The van der Waals surface area contributed by atoms with Gasteiger partial charge in [-0.3, -0.25) is 4.79 Å². The molecule has 0 aliphatic carbocycles. The van der Waals surface area contributed by atoms with E-state index in [1.165, 1.54) is 11.1 Å². The molecule has 3 nitrogen and oxygen atoms in total. The van der Waals surface area contributed by atoms with Crippen LogP contribution in [0.15, 0.2) is 30.1 Å². The fourth-order valence-corrected chi connectivity index (χ4v) is 2.29. The number of rotatable bonds is 5.